The molecule has 90 valence electrons. The predicted octanol–water partition coefficient (Wildman–Crippen LogP) is 2.11. The van der Waals surface area contributed by atoms with E-state index in [0.717, 1.165) is 17.5 Å². The highest BCUT2D eigenvalue weighted by molar-refractivity contribution is 6.12. The van der Waals surface area contributed by atoms with Gasteiger partial charge in [0.2, 0.25) is 0 Å². The lowest BCUT2D eigenvalue weighted by Gasteiger charge is -2.05. The molecular formula is C14H12N2O2. The summed E-state index contributed by atoms with van der Waals surface area (Å²) in [5.74, 6) is -0.119. The van der Waals surface area contributed by atoms with Gasteiger partial charge in [0.15, 0.2) is 5.78 Å². The molecular weight excluding hydrogens is 228 g/mol. The number of aromatic nitrogens is 2. The first kappa shape index (κ1) is 10.8. The van der Waals surface area contributed by atoms with Gasteiger partial charge in [-0.2, -0.15) is 5.10 Å². The normalized spacial score (nSPS) is 16.2. The van der Waals surface area contributed by atoms with Crippen LogP contribution in [0.5, 0.6) is 0 Å². The minimum Gasteiger partial charge on any atom is -0.515 e. The summed E-state index contributed by atoms with van der Waals surface area (Å²) in [5, 5.41) is 13.2. The fraction of sp³-hybridized carbons (Fsp3) is 0.143. The van der Waals surface area contributed by atoms with Gasteiger partial charge in [-0.1, -0.05) is 30.3 Å². The summed E-state index contributed by atoms with van der Waals surface area (Å²) in [4.78, 5) is 11.8. The molecule has 1 aromatic heterocycles. The van der Waals surface area contributed by atoms with Crippen LogP contribution >= 0.6 is 0 Å². The van der Waals surface area contributed by atoms with Crippen LogP contribution in [0.4, 0.5) is 0 Å². The molecule has 18 heavy (non-hydrogen) atoms. The second-order valence-electron chi connectivity index (χ2n) is 4.31. The molecule has 0 aliphatic heterocycles. The predicted molar refractivity (Wildman–Crippen MR) is 66.5 cm³/mol. The first-order valence-corrected chi connectivity index (χ1v) is 5.76. The molecule has 3 rings (SSSR count). The minimum atomic E-state index is -0.119. The topological polar surface area (TPSA) is 55.1 Å². The van der Waals surface area contributed by atoms with Crippen LogP contribution in [0.1, 0.15) is 21.6 Å². The highest BCUT2D eigenvalue weighted by atomic mass is 16.2. The number of hydrogen-bond donors (Lipinski definition) is 1. The molecule has 4 nitrogen and oxygen atoms in total. The Labute approximate surface area is 104 Å². The molecule has 0 bridgehead atoms. The molecule has 1 heterocycles. The van der Waals surface area contributed by atoms with Crippen molar-refractivity contribution in [1.29, 1.82) is 0 Å². The number of ketones is 1. The number of aliphatic hydroxyl groups is 1. The molecule has 4 heteroatoms. The summed E-state index contributed by atoms with van der Waals surface area (Å²) >= 11 is 0. The lowest BCUT2D eigenvalue weighted by atomic mass is 10.2. The van der Waals surface area contributed by atoms with Crippen molar-refractivity contribution in [2.75, 3.05) is 0 Å². The van der Waals surface area contributed by atoms with Gasteiger partial charge in [-0.05, 0) is 5.56 Å². The number of fused-ring (bicyclic) bond motifs is 1. The molecule has 2 aromatic rings. The Morgan fingerprint density at radius 2 is 2.11 bits per heavy atom. The largest absolute Gasteiger partial charge is 0.515 e. The van der Waals surface area contributed by atoms with E-state index >= 15 is 0 Å². The van der Waals surface area contributed by atoms with Crippen LogP contribution < -0.4 is 0 Å². The monoisotopic (exact) mass is 240 g/mol. The zero-order chi connectivity index (χ0) is 12.5. The first-order chi connectivity index (χ1) is 8.79. The summed E-state index contributed by atoms with van der Waals surface area (Å²) in [6.07, 6.45) is 2.93. The van der Waals surface area contributed by atoms with Crippen molar-refractivity contribution in [2.45, 2.75) is 13.0 Å². The highest BCUT2D eigenvalue weighted by Crippen LogP contribution is 2.26. The van der Waals surface area contributed by atoms with Crippen molar-refractivity contribution in [3.63, 3.8) is 0 Å². The lowest BCUT2D eigenvalue weighted by molar-refractivity contribution is 0.103. The van der Waals surface area contributed by atoms with E-state index < -0.39 is 0 Å². The van der Waals surface area contributed by atoms with Crippen LogP contribution in [0.15, 0.2) is 48.4 Å². The van der Waals surface area contributed by atoms with E-state index in [4.69, 9.17) is 5.11 Å². The maximum Gasteiger partial charge on any atom is 0.195 e. The summed E-state index contributed by atoms with van der Waals surface area (Å²) in [6.45, 7) is 0.641. The highest BCUT2D eigenvalue weighted by Gasteiger charge is 2.29. The van der Waals surface area contributed by atoms with E-state index in [1.165, 1.54) is 0 Å². The van der Waals surface area contributed by atoms with Gasteiger partial charge < -0.3 is 5.11 Å². The Hall–Kier alpha value is -2.36. The van der Waals surface area contributed by atoms with Crippen LogP contribution in [0.2, 0.25) is 0 Å². The SMILES string of the molecule is O=C1/C(=C\O)Cc2c1cnn2Cc1ccccc1. The second-order valence-corrected chi connectivity index (χ2v) is 4.31. The maximum absolute atomic E-state index is 11.8. The summed E-state index contributed by atoms with van der Waals surface area (Å²) in [6, 6.07) is 9.96. The van der Waals surface area contributed by atoms with E-state index in [9.17, 15) is 4.79 Å². The van der Waals surface area contributed by atoms with Gasteiger partial charge in [-0.15, -0.1) is 0 Å². The Balaban J connectivity index is 1.94. The molecule has 0 saturated heterocycles. The zero-order valence-electron chi connectivity index (χ0n) is 9.71. The number of allylic oxidation sites excluding steroid dienone is 1. The number of carbonyl (C=O) groups is 1. The third-order valence-electron chi connectivity index (χ3n) is 3.17. The fourth-order valence-electron chi connectivity index (χ4n) is 2.22. The van der Waals surface area contributed by atoms with E-state index in [1.807, 2.05) is 35.0 Å². The zero-order valence-corrected chi connectivity index (χ0v) is 9.71. The number of nitrogens with zero attached hydrogens (tertiary/aromatic N) is 2. The number of carbonyl (C=O) groups excluding carboxylic acids is 1. The van der Waals surface area contributed by atoms with Crippen LogP contribution in [0, 0.1) is 0 Å². The third-order valence-corrected chi connectivity index (χ3v) is 3.17. The van der Waals surface area contributed by atoms with Crippen LogP contribution in [0.25, 0.3) is 0 Å². The molecule has 1 N–H and O–H groups in total. The molecule has 0 atom stereocenters. The molecule has 1 aliphatic carbocycles. The van der Waals surface area contributed by atoms with Crippen molar-refractivity contribution in [3.8, 4) is 0 Å². The smallest absolute Gasteiger partial charge is 0.195 e. The van der Waals surface area contributed by atoms with Gasteiger partial charge in [0.25, 0.3) is 0 Å². The van der Waals surface area contributed by atoms with Crippen LogP contribution in [0.3, 0.4) is 0 Å². The van der Waals surface area contributed by atoms with Crippen LogP contribution in [-0.4, -0.2) is 20.7 Å². The molecule has 0 spiro atoms. The number of aliphatic hydroxyl groups excluding tert-OH is 1. The van der Waals surface area contributed by atoms with Gasteiger partial charge in [-0.25, -0.2) is 0 Å². The Morgan fingerprint density at radius 3 is 2.83 bits per heavy atom. The first-order valence-electron chi connectivity index (χ1n) is 5.76. The average molecular weight is 240 g/mol. The van der Waals surface area contributed by atoms with E-state index in [1.54, 1.807) is 6.20 Å². The van der Waals surface area contributed by atoms with Gasteiger partial charge >= 0.3 is 0 Å². The molecule has 1 aliphatic rings. The molecule has 0 radical (unpaired) electrons. The molecule has 1 aromatic carbocycles. The second kappa shape index (κ2) is 4.14. The van der Waals surface area contributed by atoms with Gasteiger partial charge in [0, 0.05) is 12.0 Å². The Morgan fingerprint density at radius 1 is 1.33 bits per heavy atom. The standard InChI is InChI=1S/C14H12N2O2/c17-9-11-6-13-12(14(11)18)7-15-16(13)8-10-4-2-1-3-5-10/h1-5,7,9,17H,6,8H2/b11-9-. The quantitative estimate of drug-likeness (QED) is 0.646. The Bertz CT molecular complexity index is 626. The van der Waals surface area contributed by atoms with E-state index in [0.29, 0.717) is 24.1 Å². The van der Waals surface area contributed by atoms with Crippen molar-refractivity contribution in [1.82, 2.24) is 9.78 Å². The number of rotatable bonds is 2. The third kappa shape index (κ3) is 1.62. The van der Waals surface area contributed by atoms with Crippen LogP contribution in [-0.2, 0) is 13.0 Å². The van der Waals surface area contributed by atoms with Gasteiger partial charge in [-0.3, -0.25) is 9.48 Å². The molecule has 0 unspecified atom stereocenters. The summed E-state index contributed by atoms with van der Waals surface area (Å²) in [7, 11) is 0. The van der Waals surface area contributed by atoms with Crippen molar-refractivity contribution in [3.05, 3.63) is 65.2 Å². The number of Topliss-reactive ketones (excluding diaryl/α,β-unsaturated/α-hetero) is 1. The van der Waals surface area contributed by atoms with Gasteiger partial charge in [0.1, 0.15) is 0 Å². The van der Waals surface area contributed by atoms with Crippen molar-refractivity contribution < 1.29 is 9.90 Å². The lowest BCUT2D eigenvalue weighted by Crippen LogP contribution is -2.05. The number of benzene rings is 1. The van der Waals surface area contributed by atoms with E-state index in [2.05, 4.69) is 5.10 Å². The van der Waals surface area contributed by atoms with Crippen molar-refractivity contribution in [2.24, 2.45) is 0 Å². The summed E-state index contributed by atoms with van der Waals surface area (Å²) < 4.78 is 1.82. The minimum absolute atomic E-state index is 0.119. The Kier molecular flexibility index (Phi) is 2.48. The van der Waals surface area contributed by atoms with Crippen molar-refractivity contribution >= 4 is 5.78 Å². The number of hydrogen-bond acceptors (Lipinski definition) is 3. The average Bonchev–Trinajstić information content (AvgIpc) is 2.93. The fourth-order valence-corrected chi connectivity index (χ4v) is 2.22. The molecule has 0 saturated carbocycles. The van der Waals surface area contributed by atoms with E-state index in [-0.39, 0.29) is 5.78 Å². The summed E-state index contributed by atoms with van der Waals surface area (Å²) in [5.41, 5.74) is 3.05. The molecule has 0 amide bonds. The maximum atomic E-state index is 11.8. The molecule has 0 fully saturated rings. The van der Waals surface area contributed by atoms with Gasteiger partial charge in [0.05, 0.1) is 30.3 Å².